The normalized spacial score (nSPS) is 10.1. The number of benzene rings is 1. The maximum atomic E-state index is 12.5. The van der Waals surface area contributed by atoms with E-state index in [1.807, 2.05) is 0 Å². The van der Waals surface area contributed by atoms with Crippen LogP contribution in [0.3, 0.4) is 0 Å². The Hall–Kier alpha value is -0.600. The Morgan fingerprint density at radius 2 is 2.18 bits per heavy atom. The molecule has 1 aromatic rings. The van der Waals surface area contributed by atoms with Crippen LogP contribution < -0.4 is 0 Å². The van der Waals surface area contributed by atoms with Gasteiger partial charge in [-0.05, 0) is 24.1 Å². The third-order valence-electron chi connectivity index (χ3n) is 1.37. The smallest absolute Gasteiger partial charge is 0.141 e. The summed E-state index contributed by atoms with van der Waals surface area (Å²) in [5.74, 6) is -0.443. The lowest BCUT2D eigenvalue weighted by Crippen LogP contribution is -1.89. The molecule has 0 N–H and O–H groups in total. The summed E-state index contributed by atoms with van der Waals surface area (Å²) in [7, 11) is 0. The molecule has 0 unspecified atom stereocenters. The summed E-state index contributed by atoms with van der Waals surface area (Å²) in [4.78, 5) is 0. The van der Waals surface area contributed by atoms with E-state index in [4.69, 9.17) is 11.6 Å². The molecule has 0 spiro atoms. The van der Waals surface area contributed by atoms with Gasteiger partial charge in [0.2, 0.25) is 0 Å². The molecule has 0 fully saturated rings. The average molecular weight is 174 g/mol. The van der Waals surface area contributed by atoms with Crippen LogP contribution in [0.2, 0.25) is 5.02 Å². The van der Waals surface area contributed by atoms with Gasteiger partial charge >= 0.3 is 0 Å². The van der Waals surface area contributed by atoms with Crippen LogP contribution in [0, 0.1) is 5.82 Å². The van der Waals surface area contributed by atoms with Crippen LogP contribution in [-0.4, -0.2) is 6.61 Å². The van der Waals surface area contributed by atoms with Gasteiger partial charge < -0.3 is 0 Å². The molecule has 1 aromatic carbocycles. The van der Waals surface area contributed by atoms with Crippen LogP contribution in [0.4, 0.5) is 4.39 Å². The first-order valence-electron chi connectivity index (χ1n) is 3.26. The molecule has 0 atom stereocenters. The Morgan fingerprint density at radius 1 is 1.45 bits per heavy atom. The number of halogens is 2. The highest BCUT2D eigenvalue weighted by molar-refractivity contribution is 6.30. The second-order valence-corrected chi connectivity index (χ2v) is 2.61. The van der Waals surface area contributed by atoms with Gasteiger partial charge in [0.15, 0.2) is 0 Å². The molecule has 11 heavy (non-hydrogen) atoms. The van der Waals surface area contributed by atoms with E-state index < -0.39 is 5.82 Å². The van der Waals surface area contributed by atoms with Crippen molar-refractivity contribution in [1.29, 1.82) is 0 Å². The van der Waals surface area contributed by atoms with Gasteiger partial charge in [0.05, 0.1) is 11.6 Å². The van der Waals surface area contributed by atoms with Gasteiger partial charge in [-0.15, -0.1) is 0 Å². The van der Waals surface area contributed by atoms with Gasteiger partial charge in [0.1, 0.15) is 5.82 Å². The fourth-order valence-electron chi connectivity index (χ4n) is 0.813. The van der Waals surface area contributed by atoms with Crippen molar-refractivity contribution in [3.63, 3.8) is 0 Å². The summed E-state index contributed by atoms with van der Waals surface area (Å²) in [6, 6.07) is 4.32. The minimum atomic E-state index is -0.443. The molecule has 0 aliphatic heterocycles. The third-order valence-corrected chi connectivity index (χ3v) is 1.66. The van der Waals surface area contributed by atoms with Crippen LogP contribution in [0.1, 0.15) is 5.56 Å². The Kier molecular flexibility index (Phi) is 2.85. The minimum absolute atomic E-state index is 0.0796. The fraction of sp³-hybridized carbons (Fsp3) is 0.250. The lowest BCUT2D eigenvalue weighted by molar-refractivity contribution is 0.197. The second-order valence-electron chi connectivity index (χ2n) is 2.20. The molecule has 59 valence electrons. The first-order chi connectivity index (χ1) is 5.24. The summed E-state index contributed by atoms with van der Waals surface area (Å²) in [6.45, 7) is -0.192. The van der Waals surface area contributed by atoms with Crippen molar-refractivity contribution in [2.45, 2.75) is 6.42 Å². The van der Waals surface area contributed by atoms with Gasteiger partial charge in [-0.25, -0.2) is 9.50 Å². The highest BCUT2D eigenvalue weighted by Crippen LogP contribution is 2.15. The molecule has 0 saturated heterocycles. The lowest BCUT2D eigenvalue weighted by Gasteiger charge is -1.98. The number of rotatable bonds is 2. The van der Waals surface area contributed by atoms with Crippen molar-refractivity contribution >= 4 is 11.6 Å². The average Bonchev–Trinajstić information content (AvgIpc) is 1.98. The summed E-state index contributed by atoms with van der Waals surface area (Å²) < 4.78 is 12.5. The predicted molar refractivity (Wildman–Crippen MR) is 40.7 cm³/mol. The first kappa shape index (κ1) is 8.50. The molecule has 0 heterocycles. The molecular weight excluding hydrogens is 167 g/mol. The van der Waals surface area contributed by atoms with Gasteiger partial charge in [0.25, 0.3) is 0 Å². The molecule has 0 aliphatic carbocycles. The van der Waals surface area contributed by atoms with E-state index in [0.29, 0.717) is 6.42 Å². The SMILES string of the molecule is [O]CCc1ccc(F)c(Cl)c1. The zero-order valence-corrected chi connectivity index (χ0v) is 6.57. The lowest BCUT2D eigenvalue weighted by atomic mass is 10.2. The van der Waals surface area contributed by atoms with E-state index in [9.17, 15) is 9.50 Å². The van der Waals surface area contributed by atoms with Crippen LogP contribution in [0.5, 0.6) is 0 Å². The predicted octanol–water partition coefficient (Wildman–Crippen LogP) is 2.45. The maximum absolute atomic E-state index is 12.5. The quantitative estimate of drug-likeness (QED) is 0.655. The van der Waals surface area contributed by atoms with E-state index in [1.165, 1.54) is 12.1 Å². The van der Waals surface area contributed by atoms with Crippen LogP contribution >= 0.6 is 11.6 Å². The minimum Gasteiger partial charge on any atom is -0.236 e. The fourth-order valence-corrected chi connectivity index (χ4v) is 1.02. The van der Waals surface area contributed by atoms with Crippen LogP contribution in [0.15, 0.2) is 18.2 Å². The van der Waals surface area contributed by atoms with Crippen molar-refractivity contribution in [2.75, 3.05) is 6.61 Å². The first-order valence-corrected chi connectivity index (χ1v) is 3.64. The Labute approximate surface area is 69.4 Å². The molecule has 0 bridgehead atoms. The highest BCUT2D eigenvalue weighted by Gasteiger charge is 1.99. The zero-order chi connectivity index (χ0) is 8.27. The van der Waals surface area contributed by atoms with Crippen molar-refractivity contribution in [1.82, 2.24) is 0 Å². The second kappa shape index (κ2) is 3.69. The highest BCUT2D eigenvalue weighted by atomic mass is 35.5. The van der Waals surface area contributed by atoms with E-state index >= 15 is 0 Å². The van der Waals surface area contributed by atoms with Crippen LogP contribution in [0.25, 0.3) is 0 Å². The van der Waals surface area contributed by atoms with E-state index in [2.05, 4.69) is 0 Å². The largest absolute Gasteiger partial charge is 0.236 e. The summed E-state index contributed by atoms with van der Waals surface area (Å²) in [6.07, 6.45) is 0.403. The standard InChI is InChI=1S/C8H7ClFO/c9-7-5-6(3-4-11)1-2-8(7)10/h1-2,5H,3-4H2. The van der Waals surface area contributed by atoms with Crippen molar-refractivity contribution in [2.24, 2.45) is 0 Å². The van der Waals surface area contributed by atoms with Gasteiger partial charge in [-0.1, -0.05) is 17.7 Å². The zero-order valence-electron chi connectivity index (χ0n) is 5.81. The summed E-state index contributed by atoms with van der Waals surface area (Å²) >= 11 is 5.47. The molecule has 1 rings (SSSR count). The topological polar surface area (TPSA) is 19.9 Å². The van der Waals surface area contributed by atoms with Gasteiger partial charge in [-0.3, -0.25) is 0 Å². The molecule has 3 heteroatoms. The Morgan fingerprint density at radius 3 is 2.73 bits per heavy atom. The molecule has 0 aromatic heterocycles. The summed E-state index contributed by atoms with van der Waals surface area (Å²) in [5, 5.41) is 10.2. The van der Waals surface area contributed by atoms with E-state index in [-0.39, 0.29) is 11.6 Å². The molecule has 0 amide bonds. The van der Waals surface area contributed by atoms with Gasteiger partial charge in [0, 0.05) is 0 Å². The Bertz CT molecular complexity index is 250. The molecule has 0 aliphatic rings. The Balaban J connectivity index is 2.86. The van der Waals surface area contributed by atoms with E-state index in [1.54, 1.807) is 6.07 Å². The summed E-state index contributed by atoms with van der Waals surface area (Å²) in [5.41, 5.74) is 0.784. The molecule has 1 nitrogen and oxygen atoms in total. The molecule has 0 saturated carbocycles. The maximum Gasteiger partial charge on any atom is 0.141 e. The molecule has 1 radical (unpaired) electrons. The monoisotopic (exact) mass is 173 g/mol. The van der Waals surface area contributed by atoms with Gasteiger partial charge in [-0.2, -0.15) is 0 Å². The molecular formula is C8H7ClFO. The van der Waals surface area contributed by atoms with Crippen molar-refractivity contribution < 1.29 is 9.50 Å². The third kappa shape index (κ3) is 2.17. The van der Waals surface area contributed by atoms with Crippen molar-refractivity contribution in [3.8, 4) is 0 Å². The van der Waals surface area contributed by atoms with Crippen LogP contribution in [-0.2, 0) is 11.5 Å². The van der Waals surface area contributed by atoms with Crippen molar-refractivity contribution in [3.05, 3.63) is 34.6 Å². The van der Waals surface area contributed by atoms with E-state index in [0.717, 1.165) is 5.56 Å². The number of hydrogen-bond donors (Lipinski definition) is 0. The number of hydrogen-bond acceptors (Lipinski definition) is 0.